The highest BCUT2D eigenvalue weighted by Gasteiger charge is 2.35. The Morgan fingerprint density at radius 1 is 0.853 bits per heavy atom. The predicted molar refractivity (Wildman–Crippen MR) is 149 cm³/mol. The number of hydrogen-bond donors (Lipinski definition) is 1. The number of nitrogens with one attached hydrogen (secondary N) is 1. The summed E-state index contributed by atoms with van der Waals surface area (Å²) in [6.45, 7) is 22.0. The molecule has 0 aromatic heterocycles. The van der Waals surface area contributed by atoms with Crippen LogP contribution in [0.3, 0.4) is 0 Å². The molecule has 0 bridgehead atoms. The van der Waals surface area contributed by atoms with Crippen LogP contribution >= 0.6 is 11.8 Å². The molecule has 0 aliphatic heterocycles. The molecular weight excluding hydrogens is 438 g/mol. The van der Waals surface area contributed by atoms with Crippen LogP contribution in [0.25, 0.3) is 0 Å². The lowest BCUT2D eigenvalue weighted by molar-refractivity contribution is -0.115. The Morgan fingerprint density at radius 2 is 1.35 bits per heavy atom. The van der Waals surface area contributed by atoms with Gasteiger partial charge in [-0.15, -0.1) is 0 Å². The molecule has 2 aromatic carbocycles. The smallest absolute Gasteiger partial charge is 0.198 e. The lowest BCUT2D eigenvalue weighted by Gasteiger charge is -2.36. The molecule has 0 saturated heterocycles. The third-order valence-electron chi connectivity index (χ3n) is 6.50. The number of hydrogen-bond acceptors (Lipinski definition) is 4. The molecule has 2 aromatic rings. The molecule has 1 N–H and O–H groups in total. The van der Waals surface area contributed by atoms with E-state index < -0.39 is 0 Å². The molecule has 188 valence electrons. The van der Waals surface area contributed by atoms with Crippen LogP contribution < -0.4 is 10.1 Å². The number of methoxy groups -OCH3 is 1. The van der Waals surface area contributed by atoms with Gasteiger partial charge in [0.15, 0.2) is 5.12 Å². The molecule has 3 nitrogen and oxygen atoms in total. The minimum atomic E-state index is -0.170. The fourth-order valence-corrected chi connectivity index (χ4v) is 5.64. The maximum absolute atomic E-state index is 13.8. The topological polar surface area (TPSA) is 38.3 Å². The number of rotatable bonds is 9. The molecule has 4 heteroatoms. The van der Waals surface area contributed by atoms with Gasteiger partial charge >= 0.3 is 0 Å². The van der Waals surface area contributed by atoms with Crippen molar-refractivity contribution >= 4 is 22.6 Å². The third-order valence-corrected chi connectivity index (χ3v) is 7.75. The second kappa shape index (κ2) is 11.7. The lowest BCUT2D eigenvalue weighted by Crippen LogP contribution is -2.42. The number of benzene rings is 2. The van der Waals surface area contributed by atoms with Crippen LogP contribution in [0, 0.1) is 11.3 Å². The Morgan fingerprint density at radius 3 is 1.74 bits per heavy atom. The maximum atomic E-state index is 13.8. The first-order valence-electron chi connectivity index (χ1n) is 12.6. The summed E-state index contributed by atoms with van der Waals surface area (Å²) in [6, 6.07) is 12.5. The molecule has 0 saturated carbocycles. The van der Waals surface area contributed by atoms with E-state index in [0.717, 1.165) is 16.3 Å². The highest BCUT2D eigenvalue weighted by Crippen LogP contribution is 2.41. The number of ether oxygens (including phenoxy) is 1. The number of thioether (sulfide) groups is 1. The van der Waals surface area contributed by atoms with Gasteiger partial charge in [0.05, 0.1) is 7.11 Å². The number of carbonyl (C=O) groups excluding carboxylic acids is 1. The van der Waals surface area contributed by atoms with Crippen molar-refractivity contribution in [2.75, 3.05) is 12.4 Å². The predicted octanol–water partition coefficient (Wildman–Crippen LogP) is 8.85. The molecule has 0 aliphatic carbocycles. The monoisotopic (exact) mass is 483 g/mol. The second-order valence-electron chi connectivity index (χ2n) is 11.4. The Kier molecular flexibility index (Phi) is 9.71. The van der Waals surface area contributed by atoms with Gasteiger partial charge in [0, 0.05) is 22.5 Å². The first-order chi connectivity index (χ1) is 15.8. The summed E-state index contributed by atoms with van der Waals surface area (Å²) < 4.78 is 5.29. The minimum absolute atomic E-state index is 0.0131. The van der Waals surface area contributed by atoms with Crippen LogP contribution in [0.1, 0.15) is 104 Å². The van der Waals surface area contributed by atoms with Crippen LogP contribution in [0.5, 0.6) is 5.75 Å². The van der Waals surface area contributed by atoms with Crippen molar-refractivity contribution in [3.05, 3.63) is 53.1 Å². The normalized spacial score (nSPS) is 13.9. The standard InChI is InChI=1S/C30H45NO2S/c1-18(2)22-16-25(19(3)4)27(26(17-22)20(5)6)34-29(32)21(7)28(30(8,9)10)31-23-12-14-24(33-11)15-13-23/h12-21,28,31H,1-11H3/t21-,28-/m1/s1. The molecular formula is C30H45NO2S. The van der Waals surface area contributed by atoms with Gasteiger partial charge in [0.25, 0.3) is 0 Å². The zero-order valence-electron chi connectivity index (χ0n) is 23.1. The van der Waals surface area contributed by atoms with Crippen LogP contribution in [-0.2, 0) is 4.79 Å². The van der Waals surface area contributed by atoms with E-state index in [1.807, 2.05) is 24.3 Å². The Balaban J connectivity index is 2.41. The van der Waals surface area contributed by atoms with Crippen molar-refractivity contribution in [2.24, 2.45) is 11.3 Å². The average molecular weight is 484 g/mol. The minimum Gasteiger partial charge on any atom is -0.497 e. The van der Waals surface area contributed by atoms with Gasteiger partial charge in [-0.2, -0.15) is 0 Å². The highest BCUT2D eigenvalue weighted by molar-refractivity contribution is 8.13. The molecule has 2 rings (SSSR count). The maximum Gasteiger partial charge on any atom is 0.198 e. The fraction of sp³-hybridized carbons (Fsp3) is 0.567. The molecule has 0 fully saturated rings. The number of carbonyl (C=O) groups is 1. The van der Waals surface area contributed by atoms with Gasteiger partial charge in [-0.05, 0) is 64.1 Å². The van der Waals surface area contributed by atoms with E-state index in [-0.39, 0.29) is 22.5 Å². The molecule has 0 unspecified atom stereocenters. The molecule has 0 spiro atoms. The molecule has 0 heterocycles. The van der Waals surface area contributed by atoms with Crippen LogP contribution in [0.15, 0.2) is 41.3 Å². The third kappa shape index (κ3) is 7.04. The largest absolute Gasteiger partial charge is 0.497 e. The van der Waals surface area contributed by atoms with Crippen LogP contribution in [-0.4, -0.2) is 18.3 Å². The summed E-state index contributed by atoms with van der Waals surface area (Å²) in [7, 11) is 1.67. The molecule has 0 aliphatic rings. The van der Waals surface area contributed by atoms with Crippen molar-refractivity contribution in [1.29, 1.82) is 0 Å². The zero-order valence-corrected chi connectivity index (χ0v) is 23.9. The second-order valence-corrected chi connectivity index (χ2v) is 12.4. The van der Waals surface area contributed by atoms with Crippen LogP contribution in [0.4, 0.5) is 5.69 Å². The van der Waals surface area contributed by atoms with Crippen LogP contribution in [0.2, 0.25) is 0 Å². The molecule has 2 atom stereocenters. The summed E-state index contributed by atoms with van der Waals surface area (Å²) in [5.74, 6) is 1.83. The first kappa shape index (κ1) is 28.3. The fourth-order valence-electron chi connectivity index (χ4n) is 4.30. The van der Waals surface area contributed by atoms with E-state index in [4.69, 9.17) is 4.74 Å². The first-order valence-corrected chi connectivity index (χ1v) is 13.4. The van der Waals surface area contributed by atoms with E-state index in [2.05, 4.69) is 86.7 Å². The van der Waals surface area contributed by atoms with E-state index in [9.17, 15) is 4.79 Å². The van der Waals surface area contributed by atoms with Crippen molar-refractivity contribution in [3.63, 3.8) is 0 Å². The Labute approximate surface area is 212 Å². The summed E-state index contributed by atoms with van der Waals surface area (Å²) in [6.07, 6.45) is 0. The summed E-state index contributed by atoms with van der Waals surface area (Å²) in [5.41, 5.74) is 4.83. The van der Waals surface area contributed by atoms with E-state index in [1.54, 1.807) is 7.11 Å². The Hall–Kier alpha value is -1.94. The Bertz CT molecular complexity index is 926. The van der Waals surface area contributed by atoms with Gasteiger partial charge < -0.3 is 10.1 Å². The molecule has 0 amide bonds. The SMILES string of the molecule is COc1ccc(N[C@H]([C@@H](C)C(=O)Sc2c(C(C)C)cc(C(C)C)cc2C(C)C)C(C)(C)C)cc1. The van der Waals surface area contributed by atoms with E-state index in [0.29, 0.717) is 17.8 Å². The van der Waals surface area contributed by atoms with Crippen molar-refractivity contribution in [2.45, 2.75) is 97.9 Å². The van der Waals surface area contributed by atoms with E-state index in [1.165, 1.54) is 28.5 Å². The van der Waals surface area contributed by atoms with Gasteiger partial charge in [0.2, 0.25) is 0 Å². The molecule has 0 radical (unpaired) electrons. The highest BCUT2D eigenvalue weighted by atomic mass is 32.2. The van der Waals surface area contributed by atoms with Crippen molar-refractivity contribution in [3.8, 4) is 5.75 Å². The average Bonchev–Trinajstić information content (AvgIpc) is 2.76. The number of anilines is 1. The summed E-state index contributed by atoms with van der Waals surface area (Å²) >= 11 is 1.44. The van der Waals surface area contributed by atoms with Gasteiger partial charge in [-0.1, -0.05) is 93.1 Å². The zero-order chi connectivity index (χ0) is 25.8. The van der Waals surface area contributed by atoms with Crippen molar-refractivity contribution < 1.29 is 9.53 Å². The quantitative estimate of drug-likeness (QED) is 0.361. The van der Waals surface area contributed by atoms with E-state index >= 15 is 0 Å². The van der Waals surface area contributed by atoms with Gasteiger partial charge in [0.1, 0.15) is 5.75 Å². The lowest BCUT2D eigenvalue weighted by atomic mass is 9.80. The van der Waals surface area contributed by atoms with Gasteiger partial charge in [-0.3, -0.25) is 4.79 Å². The molecule has 34 heavy (non-hydrogen) atoms. The summed E-state index contributed by atoms with van der Waals surface area (Å²) in [5, 5.41) is 3.86. The summed E-state index contributed by atoms with van der Waals surface area (Å²) in [4.78, 5) is 14.9. The van der Waals surface area contributed by atoms with Crippen molar-refractivity contribution in [1.82, 2.24) is 0 Å². The van der Waals surface area contributed by atoms with Gasteiger partial charge in [-0.25, -0.2) is 0 Å².